The second kappa shape index (κ2) is 6.47. The minimum atomic E-state index is -1.15. The Balaban J connectivity index is 2.70. The third kappa shape index (κ3) is 4.05. The number of nitrogens with one attached hydrogen (secondary N) is 2. The molecule has 0 unspecified atom stereocenters. The first-order valence-corrected chi connectivity index (χ1v) is 5.69. The van der Waals surface area contributed by atoms with Crippen molar-refractivity contribution in [2.24, 2.45) is 0 Å². The largest absolute Gasteiger partial charge is 0.480 e. The summed E-state index contributed by atoms with van der Waals surface area (Å²) in [6.07, 6.45) is 1.75. The van der Waals surface area contributed by atoms with Crippen molar-refractivity contribution in [3.8, 4) is 0 Å². The number of nitro groups is 1. The van der Waals surface area contributed by atoms with Gasteiger partial charge in [0.1, 0.15) is 6.04 Å². The minimum absolute atomic E-state index is 0.213. The third-order valence-electron chi connectivity index (χ3n) is 2.44. The maximum absolute atomic E-state index is 11.7. The molecule has 1 heterocycles. The first-order valence-electron chi connectivity index (χ1n) is 5.69. The first kappa shape index (κ1) is 14.6. The molecule has 1 amide bonds. The van der Waals surface area contributed by atoms with E-state index in [4.69, 9.17) is 5.11 Å². The van der Waals surface area contributed by atoms with E-state index in [1.54, 1.807) is 0 Å². The van der Waals surface area contributed by atoms with Gasteiger partial charge in [-0.05, 0) is 11.3 Å². The summed E-state index contributed by atoms with van der Waals surface area (Å²) in [4.78, 5) is 32.3. The van der Waals surface area contributed by atoms with E-state index in [-0.39, 0.29) is 5.69 Å². The van der Waals surface area contributed by atoms with Crippen LogP contribution >= 0.6 is 0 Å². The molecule has 0 aliphatic heterocycles. The van der Waals surface area contributed by atoms with Gasteiger partial charge in [0, 0.05) is 0 Å². The molecule has 0 aliphatic rings. The Kier molecular flexibility index (Phi) is 4.98. The molecule has 1 rings (SSSR count). The van der Waals surface area contributed by atoms with Crippen molar-refractivity contribution in [2.75, 3.05) is 0 Å². The summed E-state index contributed by atoms with van der Waals surface area (Å²) >= 11 is 0. The van der Waals surface area contributed by atoms with E-state index in [2.05, 4.69) is 15.5 Å². The van der Waals surface area contributed by atoms with E-state index in [1.165, 1.54) is 0 Å². The molecule has 9 nitrogen and oxygen atoms in total. The Morgan fingerprint density at radius 2 is 2.32 bits per heavy atom. The van der Waals surface area contributed by atoms with Crippen molar-refractivity contribution in [3.05, 3.63) is 21.9 Å². The molecule has 19 heavy (non-hydrogen) atoms. The van der Waals surface area contributed by atoms with Crippen LogP contribution in [0.2, 0.25) is 0 Å². The lowest BCUT2D eigenvalue weighted by atomic mass is 10.1. The summed E-state index contributed by atoms with van der Waals surface area (Å²) in [5.41, 5.74) is -0.213. The topological polar surface area (TPSA) is 138 Å². The number of nitrogens with zero attached hydrogens (tertiary/aromatic N) is 2. The molecule has 0 aromatic carbocycles. The number of carboxylic acid groups (broad SMARTS) is 1. The van der Waals surface area contributed by atoms with Crippen LogP contribution in [-0.2, 0) is 4.79 Å². The van der Waals surface area contributed by atoms with Gasteiger partial charge in [0.05, 0.1) is 6.07 Å². The van der Waals surface area contributed by atoms with Crippen LogP contribution in [0.25, 0.3) is 0 Å². The molecular formula is C10H14N4O5. The molecule has 0 bridgehead atoms. The van der Waals surface area contributed by atoms with Crippen LogP contribution in [0.1, 0.15) is 36.7 Å². The van der Waals surface area contributed by atoms with Gasteiger partial charge in [-0.25, -0.2) is 4.79 Å². The zero-order valence-electron chi connectivity index (χ0n) is 10.3. The molecule has 104 valence electrons. The van der Waals surface area contributed by atoms with Gasteiger partial charge in [-0.1, -0.05) is 24.9 Å². The Hall–Kier alpha value is -2.45. The number of amides is 1. The van der Waals surface area contributed by atoms with Crippen LogP contribution < -0.4 is 5.32 Å². The van der Waals surface area contributed by atoms with E-state index < -0.39 is 28.7 Å². The number of aromatic amines is 1. The third-order valence-corrected chi connectivity index (χ3v) is 2.44. The maximum Gasteiger partial charge on any atom is 0.343 e. The average Bonchev–Trinajstić information content (AvgIpc) is 2.83. The predicted octanol–water partition coefficient (Wildman–Crippen LogP) is 0.691. The van der Waals surface area contributed by atoms with Crippen molar-refractivity contribution in [2.45, 2.75) is 32.2 Å². The number of H-pyrrole nitrogens is 1. The van der Waals surface area contributed by atoms with Gasteiger partial charge in [0.25, 0.3) is 5.91 Å². The quantitative estimate of drug-likeness (QED) is 0.492. The zero-order chi connectivity index (χ0) is 14.4. The molecule has 0 radical (unpaired) electrons. The first-order chi connectivity index (χ1) is 8.95. The maximum atomic E-state index is 11.7. The summed E-state index contributed by atoms with van der Waals surface area (Å²) in [5, 5.41) is 27.2. The summed E-state index contributed by atoms with van der Waals surface area (Å²) in [6.45, 7) is 1.90. The van der Waals surface area contributed by atoms with Crippen LogP contribution in [-0.4, -0.2) is 38.1 Å². The van der Waals surface area contributed by atoms with E-state index >= 15 is 0 Å². The molecule has 9 heteroatoms. The van der Waals surface area contributed by atoms with Crippen LogP contribution in [0.4, 0.5) is 5.82 Å². The normalized spacial score (nSPS) is 11.8. The number of unbranched alkanes of at least 4 members (excludes halogenated alkanes) is 1. The number of carboxylic acids is 1. The highest BCUT2D eigenvalue weighted by Crippen LogP contribution is 2.09. The molecule has 0 fully saturated rings. The molecule has 1 atom stereocenters. The highest BCUT2D eigenvalue weighted by Gasteiger charge is 2.23. The van der Waals surface area contributed by atoms with Gasteiger partial charge in [0.2, 0.25) is 0 Å². The summed E-state index contributed by atoms with van der Waals surface area (Å²) < 4.78 is 0. The highest BCUT2D eigenvalue weighted by atomic mass is 16.6. The van der Waals surface area contributed by atoms with Gasteiger partial charge in [-0.2, -0.15) is 0 Å². The number of hydrogen-bond donors (Lipinski definition) is 3. The molecule has 0 aliphatic carbocycles. The predicted molar refractivity (Wildman–Crippen MR) is 63.7 cm³/mol. The molecular weight excluding hydrogens is 256 g/mol. The number of rotatable bonds is 7. The van der Waals surface area contributed by atoms with Gasteiger partial charge in [0.15, 0.2) is 5.69 Å². The van der Waals surface area contributed by atoms with Gasteiger partial charge < -0.3 is 20.5 Å². The standard InChI is InChI=1S/C10H14N4O5/c1-2-3-4-6(10(16)17)11-9(15)7-5-8(13-12-7)14(18)19/h5-6H,2-4H2,1H3,(H,11,15)(H,12,13)(H,16,17)/t6-/m0/s1. The summed E-state index contributed by atoms with van der Waals surface area (Å²) in [5.74, 6) is -2.33. The van der Waals surface area contributed by atoms with Crippen molar-refractivity contribution < 1.29 is 19.6 Å². The van der Waals surface area contributed by atoms with Crippen LogP contribution in [0.5, 0.6) is 0 Å². The number of aliphatic carboxylic acids is 1. The highest BCUT2D eigenvalue weighted by molar-refractivity contribution is 5.95. The molecule has 3 N–H and O–H groups in total. The molecule has 1 aromatic rings. The van der Waals surface area contributed by atoms with E-state index in [9.17, 15) is 19.7 Å². The Morgan fingerprint density at radius 3 is 2.79 bits per heavy atom. The van der Waals surface area contributed by atoms with Crippen molar-refractivity contribution in [1.82, 2.24) is 15.5 Å². The van der Waals surface area contributed by atoms with Gasteiger partial charge in [-0.3, -0.25) is 4.79 Å². The van der Waals surface area contributed by atoms with Crippen molar-refractivity contribution in [3.63, 3.8) is 0 Å². The fourth-order valence-electron chi connectivity index (χ4n) is 1.42. The van der Waals surface area contributed by atoms with Gasteiger partial charge in [-0.15, -0.1) is 5.10 Å². The number of carbonyl (C=O) groups is 2. The second-order valence-electron chi connectivity index (χ2n) is 3.90. The van der Waals surface area contributed by atoms with E-state index in [1.807, 2.05) is 6.92 Å². The molecule has 1 aromatic heterocycles. The van der Waals surface area contributed by atoms with Crippen LogP contribution in [0.3, 0.4) is 0 Å². The SMILES string of the molecule is CCCC[C@H](NC(=O)c1cc([N+](=O)[O-])[nH]n1)C(=O)O. The smallest absolute Gasteiger partial charge is 0.343 e. The van der Waals surface area contributed by atoms with Crippen molar-refractivity contribution in [1.29, 1.82) is 0 Å². The Morgan fingerprint density at radius 1 is 1.63 bits per heavy atom. The molecule has 0 saturated carbocycles. The van der Waals surface area contributed by atoms with Crippen LogP contribution in [0, 0.1) is 10.1 Å². The number of hydrogen-bond acceptors (Lipinski definition) is 5. The molecule has 0 saturated heterocycles. The Bertz CT molecular complexity index is 484. The summed E-state index contributed by atoms with van der Waals surface area (Å²) in [6, 6.07) is -0.0724. The van der Waals surface area contributed by atoms with E-state index in [0.717, 1.165) is 12.5 Å². The van der Waals surface area contributed by atoms with E-state index in [0.29, 0.717) is 12.8 Å². The minimum Gasteiger partial charge on any atom is -0.480 e. The average molecular weight is 270 g/mol. The number of aromatic nitrogens is 2. The lowest BCUT2D eigenvalue weighted by molar-refractivity contribution is -0.389. The lowest BCUT2D eigenvalue weighted by Crippen LogP contribution is -2.40. The van der Waals surface area contributed by atoms with Crippen LogP contribution in [0.15, 0.2) is 6.07 Å². The van der Waals surface area contributed by atoms with Gasteiger partial charge >= 0.3 is 11.8 Å². The monoisotopic (exact) mass is 270 g/mol. The number of carbonyl (C=O) groups excluding carboxylic acids is 1. The Labute approximate surface area is 108 Å². The zero-order valence-corrected chi connectivity index (χ0v) is 10.3. The fourth-order valence-corrected chi connectivity index (χ4v) is 1.42. The molecule has 0 spiro atoms. The second-order valence-corrected chi connectivity index (χ2v) is 3.90. The summed E-state index contributed by atoms with van der Waals surface area (Å²) in [7, 11) is 0. The lowest BCUT2D eigenvalue weighted by Gasteiger charge is -2.12. The fraction of sp³-hybridized carbons (Fsp3) is 0.500. The van der Waals surface area contributed by atoms with Crippen molar-refractivity contribution >= 4 is 17.7 Å².